The molecular formula is C51H30N4S2. The van der Waals surface area contributed by atoms with E-state index in [1.807, 2.05) is 29.5 Å². The summed E-state index contributed by atoms with van der Waals surface area (Å²) in [6.07, 6.45) is 0. The Labute approximate surface area is 335 Å². The maximum absolute atomic E-state index is 5.24. The van der Waals surface area contributed by atoms with Gasteiger partial charge in [-0.05, 0) is 48.0 Å². The van der Waals surface area contributed by atoms with Crippen LogP contribution >= 0.6 is 22.7 Å². The smallest absolute Gasteiger partial charge is 0.164 e. The number of benzene rings is 8. The monoisotopic (exact) mass is 762 g/mol. The van der Waals surface area contributed by atoms with E-state index in [9.17, 15) is 0 Å². The first-order valence-electron chi connectivity index (χ1n) is 19.0. The van der Waals surface area contributed by atoms with E-state index < -0.39 is 0 Å². The van der Waals surface area contributed by atoms with E-state index in [1.165, 1.54) is 73.3 Å². The molecular weight excluding hydrogens is 733 g/mol. The van der Waals surface area contributed by atoms with Crippen LogP contribution in [0.4, 0.5) is 0 Å². The third-order valence-corrected chi connectivity index (χ3v) is 13.3. The first kappa shape index (κ1) is 32.3. The van der Waals surface area contributed by atoms with E-state index in [1.54, 1.807) is 11.3 Å². The highest BCUT2D eigenvalue weighted by atomic mass is 32.1. The van der Waals surface area contributed by atoms with Crippen molar-refractivity contribution in [2.45, 2.75) is 0 Å². The molecule has 0 saturated carbocycles. The summed E-state index contributed by atoms with van der Waals surface area (Å²) in [5.74, 6) is 1.99. The number of nitrogens with zero attached hydrogens (tertiary/aromatic N) is 4. The van der Waals surface area contributed by atoms with Crippen LogP contribution in [0.2, 0.25) is 0 Å². The molecule has 4 aromatic heterocycles. The average Bonchev–Trinajstić information content (AvgIpc) is 3.96. The third kappa shape index (κ3) is 5.08. The number of rotatable bonds is 5. The molecule has 0 atom stereocenters. The summed E-state index contributed by atoms with van der Waals surface area (Å²) < 4.78 is 7.34. The molecule has 57 heavy (non-hydrogen) atoms. The van der Waals surface area contributed by atoms with Crippen LogP contribution in [0.5, 0.6) is 0 Å². The Morgan fingerprint density at radius 2 is 0.912 bits per heavy atom. The highest BCUT2D eigenvalue weighted by molar-refractivity contribution is 7.26. The minimum absolute atomic E-state index is 0.659. The van der Waals surface area contributed by atoms with Gasteiger partial charge in [0.25, 0.3) is 0 Å². The summed E-state index contributed by atoms with van der Waals surface area (Å²) in [5, 5.41) is 7.39. The number of hydrogen-bond acceptors (Lipinski definition) is 5. The molecule has 0 radical (unpaired) electrons. The summed E-state index contributed by atoms with van der Waals surface area (Å²) in [6.45, 7) is 0. The maximum atomic E-state index is 5.24. The van der Waals surface area contributed by atoms with Gasteiger partial charge in [0.2, 0.25) is 0 Å². The zero-order valence-corrected chi connectivity index (χ0v) is 32.1. The highest BCUT2D eigenvalue weighted by Crippen LogP contribution is 2.45. The normalized spacial score (nSPS) is 11.9. The van der Waals surface area contributed by atoms with Gasteiger partial charge < -0.3 is 4.57 Å². The Kier molecular flexibility index (Phi) is 7.24. The Morgan fingerprint density at radius 1 is 0.351 bits per heavy atom. The molecule has 12 rings (SSSR count). The van der Waals surface area contributed by atoms with Gasteiger partial charge in [-0.25, -0.2) is 15.0 Å². The molecule has 0 N–H and O–H groups in total. The van der Waals surface area contributed by atoms with Gasteiger partial charge in [-0.15, -0.1) is 22.7 Å². The second kappa shape index (κ2) is 12.8. The van der Waals surface area contributed by atoms with Gasteiger partial charge in [0.1, 0.15) is 0 Å². The molecule has 4 heterocycles. The molecule has 0 aliphatic heterocycles. The Morgan fingerprint density at radius 3 is 1.74 bits per heavy atom. The second-order valence-electron chi connectivity index (χ2n) is 14.3. The van der Waals surface area contributed by atoms with Crippen LogP contribution in [-0.4, -0.2) is 19.5 Å². The molecule has 12 aromatic rings. The highest BCUT2D eigenvalue weighted by Gasteiger charge is 2.21. The van der Waals surface area contributed by atoms with E-state index in [0.717, 1.165) is 22.4 Å². The van der Waals surface area contributed by atoms with Gasteiger partial charge in [0, 0.05) is 79.1 Å². The summed E-state index contributed by atoms with van der Waals surface area (Å²) >= 11 is 3.62. The minimum atomic E-state index is 0.659. The van der Waals surface area contributed by atoms with Crippen molar-refractivity contribution in [2.24, 2.45) is 0 Å². The van der Waals surface area contributed by atoms with Crippen molar-refractivity contribution in [2.75, 3.05) is 0 Å². The first-order valence-corrected chi connectivity index (χ1v) is 20.7. The molecule has 6 heteroatoms. The van der Waals surface area contributed by atoms with Crippen molar-refractivity contribution in [1.29, 1.82) is 0 Å². The number of para-hydroxylation sites is 3. The van der Waals surface area contributed by atoms with Crippen molar-refractivity contribution < 1.29 is 0 Å². The second-order valence-corrected chi connectivity index (χ2v) is 16.5. The fourth-order valence-corrected chi connectivity index (χ4v) is 10.9. The van der Waals surface area contributed by atoms with Gasteiger partial charge >= 0.3 is 0 Å². The van der Waals surface area contributed by atoms with Crippen LogP contribution in [0.25, 0.3) is 113 Å². The fourth-order valence-electron chi connectivity index (χ4n) is 8.57. The molecule has 0 unspecified atom stereocenters. The van der Waals surface area contributed by atoms with E-state index in [4.69, 9.17) is 15.0 Å². The van der Waals surface area contributed by atoms with Gasteiger partial charge in [0.15, 0.2) is 17.5 Å². The number of fused-ring (bicyclic) bond motifs is 9. The largest absolute Gasteiger partial charge is 0.309 e. The van der Waals surface area contributed by atoms with Gasteiger partial charge in [-0.1, -0.05) is 140 Å². The number of hydrogen-bond donors (Lipinski definition) is 0. The zero-order valence-electron chi connectivity index (χ0n) is 30.4. The van der Waals surface area contributed by atoms with Crippen molar-refractivity contribution in [3.8, 4) is 51.0 Å². The quantitative estimate of drug-likeness (QED) is 0.175. The van der Waals surface area contributed by atoms with E-state index >= 15 is 0 Å². The molecule has 4 nitrogen and oxygen atoms in total. The standard InChI is InChI=1S/C51H30N4S2/c1-3-14-31(15-4-1)49-52-50(54-51(53-49)40-23-13-27-44-47(40)38-19-8-10-25-42(38)56-44)32-28-29-39-45(30-32)57-43-26-12-20-35(46(39)43)37-22-11-21-36-34-18-7-9-24-41(34)55(48(36)37)33-16-5-2-6-17-33/h1-30H. The van der Waals surface area contributed by atoms with E-state index in [-0.39, 0.29) is 0 Å². The molecule has 0 saturated heterocycles. The van der Waals surface area contributed by atoms with Crippen LogP contribution in [0.1, 0.15) is 0 Å². The van der Waals surface area contributed by atoms with Crippen LogP contribution in [0, 0.1) is 0 Å². The van der Waals surface area contributed by atoms with Crippen LogP contribution in [-0.2, 0) is 0 Å². The van der Waals surface area contributed by atoms with E-state index in [0.29, 0.717) is 17.5 Å². The zero-order chi connectivity index (χ0) is 37.5. The summed E-state index contributed by atoms with van der Waals surface area (Å²) in [6, 6.07) is 64.9. The fraction of sp³-hybridized carbons (Fsp3) is 0. The molecule has 8 aromatic carbocycles. The van der Waals surface area contributed by atoms with E-state index in [2.05, 4.69) is 168 Å². The average molecular weight is 763 g/mol. The summed E-state index contributed by atoms with van der Waals surface area (Å²) in [7, 11) is 0. The Bertz CT molecular complexity index is 3530. The van der Waals surface area contributed by atoms with Crippen molar-refractivity contribution in [3.63, 3.8) is 0 Å². The third-order valence-electron chi connectivity index (χ3n) is 11.1. The van der Waals surface area contributed by atoms with Crippen molar-refractivity contribution in [3.05, 3.63) is 182 Å². The maximum Gasteiger partial charge on any atom is 0.164 e. The SMILES string of the molecule is c1ccc(-c2nc(-c3ccc4c(c3)sc3cccc(-c5cccc6c7ccccc7n(-c7ccccc7)c56)c34)nc(-c3cccc4sc5ccccc5c34)n2)cc1. The predicted octanol–water partition coefficient (Wildman–Crippen LogP) is 14.4. The molecule has 0 amide bonds. The number of thiophene rings is 2. The van der Waals surface area contributed by atoms with Crippen LogP contribution < -0.4 is 0 Å². The lowest BCUT2D eigenvalue weighted by Crippen LogP contribution is -2.00. The molecule has 266 valence electrons. The molecule has 0 aliphatic carbocycles. The van der Waals surface area contributed by atoms with Crippen molar-refractivity contribution in [1.82, 2.24) is 19.5 Å². The molecule has 0 bridgehead atoms. The lowest BCUT2D eigenvalue weighted by molar-refractivity contribution is 1.08. The Balaban J connectivity index is 1.06. The van der Waals surface area contributed by atoms with Crippen LogP contribution in [0.3, 0.4) is 0 Å². The van der Waals surface area contributed by atoms with Gasteiger partial charge in [-0.3, -0.25) is 0 Å². The molecule has 0 spiro atoms. The van der Waals surface area contributed by atoms with Gasteiger partial charge in [-0.2, -0.15) is 0 Å². The lowest BCUT2D eigenvalue weighted by Gasteiger charge is -2.13. The van der Waals surface area contributed by atoms with Crippen molar-refractivity contribution >= 4 is 84.8 Å². The lowest BCUT2D eigenvalue weighted by atomic mass is 9.97. The summed E-state index contributed by atoms with van der Waals surface area (Å²) in [5.41, 5.74) is 8.94. The minimum Gasteiger partial charge on any atom is -0.309 e. The molecule has 0 fully saturated rings. The van der Waals surface area contributed by atoms with Gasteiger partial charge in [0.05, 0.1) is 11.0 Å². The van der Waals surface area contributed by atoms with Crippen LogP contribution in [0.15, 0.2) is 182 Å². The molecule has 0 aliphatic rings. The predicted molar refractivity (Wildman–Crippen MR) is 242 cm³/mol. The number of aromatic nitrogens is 4. The topological polar surface area (TPSA) is 43.6 Å². The summed E-state index contributed by atoms with van der Waals surface area (Å²) in [4.78, 5) is 15.5. The Hall–Kier alpha value is -6.99. The first-order chi connectivity index (χ1) is 28.3.